The molecule has 0 aliphatic heterocycles. The number of aromatic nitrogens is 2. The zero-order valence-electron chi connectivity index (χ0n) is 7.80. The van der Waals surface area contributed by atoms with Gasteiger partial charge >= 0.3 is 0 Å². The van der Waals surface area contributed by atoms with Gasteiger partial charge in [0.2, 0.25) is 0 Å². The lowest BCUT2D eigenvalue weighted by atomic mass is 10.1. The Labute approximate surface area is 93.8 Å². The van der Waals surface area contributed by atoms with E-state index in [1.807, 2.05) is 0 Å². The Hall–Kier alpha value is -1.69. The SMILES string of the molecule is Fc1ccc(-c2cc(=S)nc[nH]2)c(F)c1F. The molecule has 2 aromatic rings. The molecule has 82 valence electrons. The first-order valence-corrected chi connectivity index (χ1v) is 4.69. The van der Waals surface area contributed by atoms with Gasteiger partial charge in [-0.05, 0) is 18.2 Å². The number of benzene rings is 1. The number of H-pyrrole nitrogens is 1. The van der Waals surface area contributed by atoms with Crippen LogP contribution in [0.2, 0.25) is 0 Å². The Morgan fingerprint density at radius 1 is 1.12 bits per heavy atom. The van der Waals surface area contributed by atoms with Crippen molar-refractivity contribution in [2.24, 2.45) is 0 Å². The quantitative estimate of drug-likeness (QED) is 0.614. The molecule has 0 fully saturated rings. The second kappa shape index (κ2) is 4.05. The van der Waals surface area contributed by atoms with Crippen molar-refractivity contribution in [3.8, 4) is 11.3 Å². The molecule has 0 atom stereocenters. The van der Waals surface area contributed by atoms with Crippen LogP contribution in [0.25, 0.3) is 11.3 Å². The molecule has 6 heteroatoms. The molecule has 0 aliphatic carbocycles. The molecule has 1 N–H and O–H groups in total. The van der Waals surface area contributed by atoms with Gasteiger partial charge in [-0.3, -0.25) is 0 Å². The van der Waals surface area contributed by atoms with Crippen LogP contribution in [0.1, 0.15) is 0 Å². The molecule has 1 aromatic carbocycles. The first-order valence-electron chi connectivity index (χ1n) is 4.28. The van der Waals surface area contributed by atoms with Gasteiger partial charge in [-0.2, -0.15) is 0 Å². The maximum absolute atomic E-state index is 13.4. The summed E-state index contributed by atoms with van der Waals surface area (Å²) in [7, 11) is 0. The number of halogens is 3. The van der Waals surface area contributed by atoms with Gasteiger partial charge in [0.05, 0.1) is 12.0 Å². The van der Waals surface area contributed by atoms with Gasteiger partial charge in [0.15, 0.2) is 17.5 Å². The van der Waals surface area contributed by atoms with Crippen LogP contribution in [0.15, 0.2) is 24.5 Å². The van der Waals surface area contributed by atoms with E-state index in [0.717, 1.165) is 12.1 Å². The molecule has 16 heavy (non-hydrogen) atoms. The predicted molar refractivity (Wildman–Crippen MR) is 54.7 cm³/mol. The van der Waals surface area contributed by atoms with Crippen LogP contribution < -0.4 is 0 Å². The Balaban J connectivity index is 2.66. The Bertz CT molecular complexity index is 595. The molecule has 0 saturated carbocycles. The Morgan fingerprint density at radius 2 is 1.88 bits per heavy atom. The molecule has 1 heterocycles. The topological polar surface area (TPSA) is 28.7 Å². The van der Waals surface area contributed by atoms with E-state index in [1.165, 1.54) is 12.4 Å². The fourth-order valence-corrected chi connectivity index (χ4v) is 1.43. The number of nitrogens with one attached hydrogen (secondary N) is 1. The van der Waals surface area contributed by atoms with Gasteiger partial charge in [-0.25, -0.2) is 18.2 Å². The van der Waals surface area contributed by atoms with E-state index < -0.39 is 17.5 Å². The summed E-state index contributed by atoms with van der Waals surface area (Å²) >= 11 is 4.78. The molecule has 0 bridgehead atoms. The zero-order chi connectivity index (χ0) is 11.7. The van der Waals surface area contributed by atoms with Crippen molar-refractivity contribution in [2.45, 2.75) is 0 Å². The van der Waals surface area contributed by atoms with Crippen molar-refractivity contribution in [3.05, 3.63) is 46.6 Å². The highest BCUT2D eigenvalue weighted by atomic mass is 32.1. The molecule has 0 aliphatic rings. The number of hydrogen-bond donors (Lipinski definition) is 1. The van der Waals surface area contributed by atoms with Gasteiger partial charge < -0.3 is 4.98 Å². The summed E-state index contributed by atoms with van der Waals surface area (Å²) in [6.07, 6.45) is 1.26. The first-order chi connectivity index (χ1) is 7.59. The molecule has 0 spiro atoms. The highest BCUT2D eigenvalue weighted by molar-refractivity contribution is 7.71. The summed E-state index contributed by atoms with van der Waals surface area (Å²) < 4.78 is 39.3. The van der Waals surface area contributed by atoms with E-state index in [2.05, 4.69) is 9.97 Å². The van der Waals surface area contributed by atoms with Crippen molar-refractivity contribution >= 4 is 12.2 Å². The van der Waals surface area contributed by atoms with Crippen molar-refractivity contribution in [1.29, 1.82) is 0 Å². The molecule has 0 unspecified atom stereocenters. The number of rotatable bonds is 1. The lowest BCUT2D eigenvalue weighted by Gasteiger charge is -2.04. The highest BCUT2D eigenvalue weighted by Crippen LogP contribution is 2.23. The van der Waals surface area contributed by atoms with Crippen molar-refractivity contribution in [1.82, 2.24) is 9.97 Å². The van der Waals surface area contributed by atoms with Crippen LogP contribution in [0.3, 0.4) is 0 Å². The second-order valence-corrected chi connectivity index (χ2v) is 3.44. The van der Waals surface area contributed by atoms with Crippen LogP contribution in [0.5, 0.6) is 0 Å². The molecule has 0 radical (unpaired) electrons. The van der Waals surface area contributed by atoms with E-state index in [4.69, 9.17) is 12.2 Å². The summed E-state index contributed by atoms with van der Waals surface area (Å²) in [6.45, 7) is 0. The minimum absolute atomic E-state index is 0.0904. The summed E-state index contributed by atoms with van der Waals surface area (Å²) in [5.74, 6) is -3.99. The summed E-state index contributed by atoms with van der Waals surface area (Å²) in [5.41, 5.74) is 0.156. The van der Waals surface area contributed by atoms with Crippen molar-refractivity contribution in [2.75, 3.05) is 0 Å². The molecule has 0 saturated heterocycles. The lowest BCUT2D eigenvalue weighted by Crippen LogP contribution is -1.95. The third kappa shape index (κ3) is 1.83. The minimum atomic E-state index is -1.51. The summed E-state index contributed by atoms with van der Waals surface area (Å²) in [5, 5.41) is 0. The predicted octanol–water partition coefficient (Wildman–Crippen LogP) is 3.22. The van der Waals surface area contributed by atoms with Gasteiger partial charge in [0.1, 0.15) is 4.64 Å². The van der Waals surface area contributed by atoms with Gasteiger partial charge in [0, 0.05) is 5.56 Å². The van der Waals surface area contributed by atoms with E-state index >= 15 is 0 Å². The molecule has 2 nitrogen and oxygen atoms in total. The molecule has 2 rings (SSSR count). The third-order valence-electron chi connectivity index (χ3n) is 2.01. The van der Waals surface area contributed by atoms with Gasteiger partial charge in [0.25, 0.3) is 0 Å². The van der Waals surface area contributed by atoms with E-state index in [0.29, 0.717) is 0 Å². The Kier molecular flexibility index (Phi) is 2.74. The van der Waals surface area contributed by atoms with Crippen molar-refractivity contribution in [3.63, 3.8) is 0 Å². The van der Waals surface area contributed by atoms with Gasteiger partial charge in [-0.15, -0.1) is 0 Å². The molecule has 1 aromatic heterocycles. The monoisotopic (exact) mass is 242 g/mol. The standard InChI is InChI=1S/C10H5F3N2S/c11-6-2-1-5(9(12)10(6)13)7-3-8(16)15-4-14-7/h1-4H,(H,14,15,16). The lowest BCUT2D eigenvalue weighted by molar-refractivity contribution is 0.449. The maximum atomic E-state index is 13.4. The number of nitrogens with zero attached hydrogens (tertiary/aromatic N) is 1. The largest absolute Gasteiger partial charge is 0.346 e. The van der Waals surface area contributed by atoms with E-state index in [1.54, 1.807) is 0 Å². The average molecular weight is 242 g/mol. The minimum Gasteiger partial charge on any atom is -0.346 e. The van der Waals surface area contributed by atoms with Crippen LogP contribution in [0, 0.1) is 22.1 Å². The van der Waals surface area contributed by atoms with Gasteiger partial charge in [-0.1, -0.05) is 12.2 Å². The average Bonchev–Trinajstić information content (AvgIpc) is 2.26. The van der Waals surface area contributed by atoms with Crippen LogP contribution in [-0.2, 0) is 0 Å². The van der Waals surface area contributed by atoms with E-state index in [-0.39, 0.29) is 15.9 Å². The molecule has 0 amide bonds. The zero-order valence-corrected chi connectivity index (χ0v) is 8.62. The number of hydrogen-bond acceptors (Lipinski definition) is 2. The fourth-order valence-electron chi connectivity index (χ4n) is 1.26. The van der Waals surface area contributed by atoms with Crippen LogP contribution >= 0.6 is 12.2 Å². The van der Waals surface area contributed by atoms with Crippen LogP contribution in [-0.4, -0.2) is 9.97 Å². The van der Waals surface area contributed by atoms with E-state index in [9.17, 15) is 13.2 Å². The summed E-state index contributed by atoms with van der Waals surface area (Å²) in [4.78, 5) is 6.31. The van der Waals surface area contributed by atoms with Crippen molar-refractivity contribution < 1.29 is 13.2 Å². The smallest absolute Gasteiger partial charge is 0.195 e. The van der Waals surface area contributed by atoms with Crippen LogP contribution in [0.4, 0.5) is 13.2 Å². The second-order valence-electron chi connectivity index (χ2n) is 3.02. The summed E-state index contributed by atoms with van der Waals surface area (Å²) in [6, 6.07) is 3.35. The third-order valence-corrected chi connectivity index (χ3v) is 2.23. The molecular formula is C10H5F3N2S. The highest BCUT2D eigenvalue weighted by Gasteiger charge is 2.14. The number of aromatic amines is 1. The maximum Gasteiger partial charge on any atom is 0.195 e. The normalized spacial score (nSPS) is 10.4. The fraction of sp³-hybridized carbons (Fsp3) is 0. The Morgan fingerprint density at radius 3 is 2.56 bits per heavy atom. The molecular weight excluding hydrogens is 237 g/mol. The first kappa shape index (κ1) is 10.8.